The zero-order valence-electron chi connectivity index (χ0n) is 17.0. The lowest BCUT2D eigenvalue weighted by Gasteiger charge is -2.09. The fourth-order valence-electron chi connectivity index (χ4n) is 3.03. The number of aromatic nitrogens is 1. The number of benzene rings is 2. The second kappa shape index (κ2) is 10.3. The third-order valence-corrected chi connectivity index (χ3v) is 8.64. The number of nitrogens with one attached hydrogen (secondary N) is 1. The third kappa shape index (κ3) is 6.12. The second-order valence-electron chi connectivity index (χ2n) is 7.10. The zero-order chi connectivity index (χ0) is 21.6. The average Bonchev–Trinajstić information content (AvgIpc) is 3.46. The Kier molecular flexibility index (Phi) is 7.32. The van der Waals surface area contributed by atoms with E-state index in [0.29, 0.717) is 20.8 Å². The molecule has 3 aromatic rings. The molecule has 1 aromatic heterocycles. The van der Waals surface area contributed by atoms with Crippen LogP contribution in [-0.4, -0.2) is 28.4 Å². The molecule has 2 aromatic carbocycles. The molecule has 2 heterocycles. The molecule has 0 atom stereocenters. The van der Waals surface area contributed by atoms with E-state index in [4.69, 9.17) is 4.74 Å². The molecule has 0 aliphatic carbocycles. The fraction of sp³-hybridized carbons (Fsp3) is 0.261. The molecule has 1 N–H and O–H groups in total. The third-order valence-electron chi connectivity index (χ3n) is 4.64. The summed E-state index contributed by atoms with van der Waals surface area (Å²) in [5.41, 5.74) is 4.31. The van der Waals surface area contributed by atoms with Gasteiger partial charge in [0, 0.05) is 22.6 Å². The monoisotopic (exact) mass is 470 g/mol. The van der Waals surface area contributed by atoms with Crippen LogP contribution in [0.25, 0.3) is 0 Å². The number of hydrogen-bond donors (Lipinski definition) is 1. The summed E-state index contributed by atoms with van der Waals surface area (Å²) < 4.78 is 5.86. The van der Waals surface area contributed by atoms with Crippen LogP contribution >= 0.6 is 34.9 Å². The highest BCUT2D eigenvalue weighted by molar-refractivity contribution is 8.19. The first kappa shape index (κ1) is 21.9. The maximum absolute atomic E-state index is 12.3. The van der Waals surface area contributed by atoms with Gasteiger partial charge in [0.1, 0.15) is 11.6 Å². The highest BCUT2D eigenvalue weighted by Gasteiger charge is 2.19. The van der Waals surface area contributed by atoms with Crippen LogP contribution in [0.2, 0.25) is 0 Å². The van der Waals surface area contributed by atoms with Gasteiger partial charge in [0.15, 0.2) is 0 Å². The van der Waals surface area contributed by atoms with Gasteiger partial charge >= 0.3 is 5.97 Å². The molecule has 5 nitrogen and oxygen atoms in total. The van der Waals surface area contributed by atoms with Crippen molar-refractivity contribution in [2.45, 2.75) is 24.5 Å². The summed E-state index contributed by atoms with van der Waals surface area (Å²) in [6.07, 6.45) is 0.186. The number of amides is 1. The normalized spacial score (nSPS) is 13.8. The molecule has 1 fully saturated rings. The molecule has 1 aliphatic heterocycles. The standard InChI is InChI=1S/C23H22N2O3S3/c1-15-2-8-18(9-3-15)24-20(26)12-21-25-19(14-31-21)13-28-22(27)16-4-6-17(7-5-16)23-29-10-11-30-23/h2-9,14,23H,10-13H2,1H3,(H,24,26). The summed E-state index contributed by atoms with van der Waals surface area (Å²) in [4.78, 5) is 29.0. The number of aryl methyl sites for hydroxylation is 1. The Bertz CT molecular complexity index is 1040. The number of ether oxygens (including phenoxy) is 1. The number of anilines is 1. The molecule has 0 radical (unpaired) electrons. The Morgan fingerprint density at radius 1 is 1.06 bits per heavy atom. The van der Waals surface area contributed by atoms with Crippen LogP contribution in [0, 0.1) is 6.92 Å². The SMILES string of the molecule is Cc1ccc(NC(=O)Cc2nc(COC(=O)c3ccc(C4SCCS4)cc3)cs2)cc1. The Balaban J connectivity index is 1.26. The first-order chi connectivity index (χ1) is 15.1. The maximum Gasteiger partial charge on any atom is 0.338 e. The Morgan fingerprint density at radius 2 is 1.77 bits per heavy atom. The van der Waals surface area contributed by atoms with Gasteiger partial charge in [-0.3, -0.25) is 4.79 Å². The summed E-state index contributed by atoms with van der Waals surface area (Å²) in [5.74, 6) is 1.84. The van der Waals surface area contributed by atoms with Gasteiger partial charge in [-0.05, 0) is 36.8 Å². The van der Waals surface area contributed by atoms with E-state index in [-0.39, 0.29) is 24.9 Å². The highest BCUT2D eigenvalue weighted by atomic mass is 32.2. The number of thioether (sulfide) groups is 2. The van der Waals surface area contributed by atoms with Crippen molar-refractivity contribution in [1.82, 2.24) is 4.98 Å². The van der Waals surface area contributed by atoms with Crippen molar-refractivity contribution in [3.63, 3.8) is 0 Å². The molecule has 1 amide bonds. The molecule has 4 rings (SSSR count). The van der Waals surface area contributed by atoms with Crippen LogP contribution in [0.15, 0.2) is 53.9 Å². The second-order valence-corrected chi connectivity index (χ2v) is 10.8. The van der Waals surface area contributed by atoms with Crippen molar-refractivity contribution in [3.05, 3.63) is 81.3 Å². The minimum absolute atomic E-state index is 0.0883. The summed E-state index contributed by atoms with van der Waals surface area (Å²) in [5, 5.41) is 5.37. The minimum Gasteiger partial charge on any atom is -0.456 e. The number of thiazole rings is 1. The van der Waals surface area contributed by atoms with Crippen molar-refractivity contribution in [3.8, 4) is 0 Å². The van der Waals surface area contributed by atoms with Crippen molar-refractivity contribution in [1.29, 1.82) is 0 Å². The van der Waals surface area contributed by atoms with Gasteiger partial charge in [0.2, 0.25) is 5.91 Å². The fourth-order valence-corrected chi connectivity index (χ4v) is 6.66. The van der Waals surface area contributed by atoms with E-state index in [1.807, 2.05) is 84.4 Å². The van der Waals surface area contributed by atoms with Gasteiger partial charge in [-0.1, -0.05) is 29.8 Å². The number of esters is 1. The molecular formula is C23H22N2O3S3. The summed E-state index contributed by atoms with van der Waals surface area (Å²) in [7, 11) is 0. The lowest BCUT2D eigenvalue weighted by atomic mass is 10.1. The highest BCUT2D eigenvalue weighted by Crippen LogP contribution is 2.45. The molecule has 0 saturated carbocycles. The molecule has 31 heavy (non-hydrogen) atoms. The number of carbonyl (C=O) groups is 2. The largest absolute Gasteiger partial charge is 0.456 e. The van der Waals surface area contributed by atoms with Gasteiger partial charge in [-0.15, -0.1) is 34.9 Å². The van der Waals surface area contributed by atoms with Crippen LogP contribution in [0.5, 0.6) is 0 Å². The van der Waals surface area contributed by atoms with E-state index >= 15 is 0 Å². The molecular weight excluding hydrogens is 448 g/mol. The van der Waals surface area contributed by atoms with Crippen LogP contribution in [0.4, 0.5) is 5.69 Å². The topological polar surface area (TPSA) is 68.3 Å². The van der Waals surface area contributed by atoms with Crippen LogP contribution < -0.4 is 5.32 Å². The number of nitrogens with zero attached hydrogens (tertiary/aromatic N) is 1. The molecule has 1 aliphatic rings. The lowest BCUT2D eigenvalue weighted by molar-refractivity contribution is -0.115. The quantitative estimate of drug-likeness (QED) is 0.462. The molecule has 1 saturated heterocycles. The summed E-state index contributed by atoms with van der Waals surface area (Å²) in [6, 6.07) is 15.3. The minimum atomic E-state index is -0.370. The van der Waals surface area contributed by atoms with Gasteiger partial charge in [0.25, 0.3) is 0 Å². The first-order valence-electron chi connectivity index (χ1n) is 9.87. The van der Waals surface area contributed by atoms with Crippen LogP contribution in [-0.2, 0) is 22.6 Å². The van der Waals surface area contributed by atoms with E-state index in [9.17, 15) is 9.59 Å². The Morgan fingerprint density at radius 3 is 2.48 bits per heavy atom. The van der Waals surface area contributed by atoms with Gasteiger partial charge in [-0.2, -0.15) is 0 Å². The van der Waals surface area contributed by atoms with Crippen molar-refractivity contribution >= 4 is 52.4 Å². The van der Waals surface area contributed by atoms with E-state index in [2.05, 4.69) is 10.3 Å². The average molecular weight is 471 g/mol. The molecule has 0 unspecified atom stereocenters. The Hall–Kier alpha value is -2.29. The van der Waals surface area contributed by atoms with Gasteiger partial charge < -0.3 is 10.1 Å². The first-order valence-corrected chi connectivity index (χ1v) is 12.8. The van der Waals surface area contributed by atoms with Crippen LogP contribution in [0.1, 0.15) is 36.8 Å². The van der Waals surface area contributed by atoms with Crippen molar-refractivity contribution in [2.24, 2.45) is 0 Å². The van der Waals surface area contributed by atoms with E-state index in [1.165, 1.54) is 28.4 Å². The van der Waals surface area contributed by atoms with E-state index < -0.39 is 0 Å². The summed E-state index contributed by atoms with van der Waals surface area (Å²) >= 11 is 5.26. The van der Waals surface area contributed by atoms with Crippen LogP contribution in [0.3, 0.4) is 0 Å². The number of carbonyl (C=O) groups excluding carboxylic acids is 2. The predicted molar refractivity (Wildman–Crippen MR) is 129 cm³/mol. The van der Waals surface area contributed by atoms with Crippen molar-refractivity contribution < 1.29 is 14.3 Å². The van der Waals surface area contributed by atoms with Gasteiger partial charge in [0.05, 0.1) is 22.3 Å². The van der Waals surface area contributed by atoms with E-state index in [0.717, 1.165) is 11.3 Å². The maximum atomic E-state index is 12.3. The lowest BCUT2D eigenvalue weighted by Crippen LogP contribution is -2.14. The molecule has 0 spiro atoms. The molecule has 0 bridgehead atoms. The van der Waals surface area contributed by atoms with E-state index in [1.54, 1.807) is 0 Å². The molecule has 8 heteroatoms. The number of hydrogen-bond acceptors (Lipinski definition) is 7. The summed E-state index contributed by atoms with van der Waals surface area (Å²) in [6.45, 7) is 2.09. The number of rotatable bonds is 7. The molecule has 160 valence electrons. The Labute approximate surface area is 194 Å². The van der Waals surface area contributed by atoms with Crippen molar-refractivity contribution in [2.75, 3.05) is 16.8 Å². The van der Waals surface area contributed by atoms with Gasteiger partial charge in [-0.25, -0.2) is 9.78 Å². The smallest absolute Gasteiger partial charge is 0.338 e. The predicted octanol–water partition coefficient (Wildman–Crippen LogP) is 5.47. The zero-order valence-corrected chi connectivity index (χ0v) is 19.4.